The van der Waals surface area contributed by atoms with E-state index in [9.17, 15) is 0 Å². The lowest BCUT2D eigenvalue weighted by atomic mass is 9.84. The van der Waals surface area contributed by atoms with E-state index in [1.165, 1.54) is 28.5 Å². The van der Waals surface area contributed by atoms with Crippen LogP contribution in [0.25, 0.3) is 0 Å². The van der Waals surface area contributed by atoms with Gasteiger partial charge in [0.1, 0.15) is 11.6 Å². The van der Waals surface area contributed by atoms with E-state index in [0.29, 0.717) is 11.8 Å². The summed E-state index contributed by atoms with van der Waals surface area (Å²) >= 11 is 2.36. The number of anilines is 1. The van der Waals surface area contributed by atoms with Crippen LogP contribution in [0.1, 0.15) is 63.4 Å². The second kappa shape index (κ2) is 5.50. The van der Waals surface area contributed by atoms with Crippen molar-refractivity contribution in [3.8, 4) is 0 Å². The lowest BCUT2D eigenvalue weighted by molar-refractivity contribution is 0.400. The van der Waals surface area contributed by atoms with Crippen molar-refractivity contribution in [3.63, 3.8) is 0 Å². The SMILES string of the molecule is CCNc1nc(C2CCC2)nc(C(C)C)c1I. The highest BCUT2D eigenvalue weighted by molar-refractivity contribution is 14.1. The summed E-state index contributed by atoms with van der Waals surface area (Å²) in [4.78, 5) is 9.48. The summed E-state index contributed by atoms with van der Waals surface area (Å²) < 4.78 is 1.18. The maximum atomic E-state index is 4.78. The molecule has 4 heteroatoms. The standard InChI is InChI=1S/C13H20IN3/c1-4-15-13-10(14)11(8(2)3)16-12(17-13)9-6-5-7-9/h8-9H,4-7H2,1-3H3,(H,15,16,17). The third-order valence-electron chi connectivity index (χ3n) is 3.26. The van der Waals surface area contributed by atoms with Crippen LogP contribution in [0.15, 0.2) is 0 Å². The van der Waals surface area contributed by atoms with Crippen molar-refractivity contribution in [2.45, 2.75) is 51.9 Å². The molecule has 0 aliphatic heterocycles. The van der Waals surface area contributed by atoms with Crippen LogP contribution in [0.4, 0.5) is 5.82 Å². The van der Waals surface area contributed by atoms with E-state index in [1.54, 1.807) is 0 Å². The van der Waals surface area contributed by atoms with Crippen LogP contribution < -0.4 is 5.32 Å². The van der Waals surface area contributed by atoms with Gasteiger partial charge in [0, 0.05) is 12.5 Å². The molecule has 1 aromatic heterocycles. The van der Waals surface area contributed by atoms with Crippen molar-refractivity contribution in [1.29, 1.82) is 0 Å². The number of nitrogens with one attached hydrogen (secondary N) is 1. The molecule has 0 atom stereocenters. The molecule has 1 fully saturated rings. The van der Waals surface area contributed by atoms with Gasteiger partial charge in [0.2, 0.25) is 0 Å². The number of rotatable bonds is 4. The fourth-order valence-corrected chi connectivity index (χ4v) is 3.05. The molecule has 0 radical (unpaired) electrons. The molecule has 1 aromatic rings. The lowest BCUT2D eigenvalue weighted by Crippen LogP contribution is -2.17. The molecule has 17 heavy (non-hydrogen) atoms. The molecule has 3 nitrogen and oxygen atoms in total. The smallest absolute Gasteiger partial charge is 0.143 e. The van der Waals surface area contributed by atoms with Gasteiger partial charge in [0.25, 0.3) is 0 Å². The van der Waals surface area contributed by atoms with Gasteiger partial charge in [0.05, 0.1) is 9.26 Å². The number of halogens is 1. The summed E-state index contributed by atoms with van der Waals surface area (Å²) in [6, 6.07) is 0. The van der Waals surface area contributed by atoms with Crippen LogP contribution in [0, 0.1) is 3.57 Å². The van der Waals surface area contributed by atoms with Crippen LogP contribution >= 0.6 is 22.6 Å². The average molecular weight is 345 g/mol. The van der Waals surface area contributed by atoms with Gasteiger partial charge in [-0.1, -0.05) is 20.3 Å². The minimum absolute atomic E-state index is 0.459. The number of hydrogen-bond acceptors (Lipinski definition) is 3. The Kier molecular flexibility index (Phi) is 4.22. The van der Waals surface area contributed by atoms with Gasteiger partial charge < -0.3 is 5.32 Å². The van der Waals surface area contributed by atoms with Crippen LogP contribution in [0.3, 0.4) is 0 Å². The Morgan fingerprint density at radius 3 is 2.53 bits per heavy atom. The van der Waals surface area contributed by atoms with Crippen molar-refractivity contribution in [2.24, 2.45) is 0 Å². The van der Waals surface area contributed by atoms with Crippen LogP contribution in [-0.2, 0) is 0 Å². The zero-order chi connectivity index (χ0) is 12.4. The number of nitrogens with zero attached hydrogens (tertiary/aromatic N) is 2. The first-order valence-corrected chi connectivity index (χ1v) is 7.52. The quantitative estimate of drug-likeness (QED) is 0.841. The van der Waals surface area contributed by atoms with Gasteiger partial charge in [0.15, 0.2) is 0 Å². The minimum Gasteiger partial charge on any atom is -0.369 e. The van der Waals surface area contributed by atoms with Crippen molar-refractivity contribution < 1.29 is 0 Å². The van der Waals surface area contributed by atoms with Crippen LogP contribution in [-0.4, -0.2) is 16.5 Å². The van der Waals surface area contributed by atoms with Gasteiger partial charge >= 0.3 is 0 Å². The Balaban J connectivity index is 2.39. The van der Waals surface area contributed by atoms with Gasteiger partial charge in [-0.05, 0) is 48.3 Å². The molecule has 1 N–H and O–H groups in total. The molecule has 0 amide bonds. The van der Waals surface area contributed by atoms with E-state index in [-0.39, 0.29) is 0 Å². The molecule has 2 rings (SSSR count). The summed E-state index contributed by atoms with van der Waals surface area (Å²) in [6.07, 6.45) is 3.83. The van der Waals surface area contributed by atoms with Crippen LogP contribution in [0.5, 0.6) is 0 Å². The third kappa shape index (κ3) is 2.72. The molecule has 0 bridgehead atoms. The van der Waals surface area contributed by atoms with E-state index in [4.69, 9.17) is 9.97 Å². The summed E-state index contributed by atoms with van der Waals surface area (Å²) in [7, 11) is 0. The van der Waals surface area contributed by atoms with Crippen molar-refractivity contribution in [1.82, 2.24) is 9.97 Å². The Morgan fingerprint density at radius 1 is 1.35 bits per heavy atom. The van der Waals surface area contributed by atoms with E-state index in [0.717, 1.165) is 18.2 Å². The van der Waals surface area contributed by atoms with E-state index >= 15 is 0 Å². The number of aromatic nitrogens is 2. The molecule has 0 aromatic carbocycles. The average Bonchev–Trinajstić information content (AvgIpc) is 2.19. The largest absolute Gasteiger partial charge is 0.369 e. The minimum atomic E-state index is 0.459. The maximum Gasteiger partial charge on any atom is 0.143 e. The first-order valence-electron chi connectivity index (χ1n) is 6.44. The molecule has 1 saturated carbocycles. The predicted molar refractivity (Wildman–Crippen MR) is 79.6 cm³/mol. The van der Waals surface area contributed by atoms with E-state index < -0.39 is 0 Å². The highest BCUT2D eigenvalue weighted by Gasteiger charge is 2.25. The Bertz CT molecular complexity index is 400. The molecule has 1 aliphatic rings. The normalized spacial score (nSPS) is 16.1. The summed E-state index contributed by atoms with van der Waals surface area (Å²) in [5.41, 5.74) is 1.19. The van der Waals surface area contributed by atoms with Crippen molar-refractivity contribution in [3.05, 3.63) is 15.1 Å². The molecule has 0 saturated heterocycles. The monoisotopic (exact) mass is 345 g/mol. The Hall–Kier alpha value is -0.390. The molecular formula is C13H20IN3. The van der Waals surface area contributed by atoms with Gasteiger partial charge in [-0.25, -0.2) is 9.97 Å². The fourth-order valence-electron chi connectivity index (χ4n) is 2.00. The van der Waals surface area contributed by atoms with Crippen molar-refractivity contribution >= 4 is 28.4 Å². The summed E-state index contributed by atoms with van der Waals surface area (Å²) in [5.74, 6) is 3.13. The molecule has 0 unspecified atom stereocenters. The van der Waals surface area contributed by atoms with E-state index in [1.807, 2.05) is 0 Å². The Morgan fingerprint density at radius 2 is 2.06 bits per heavy atom. The number of hydrogen-bond donors (Lipinski definition) is 1. The second-order valence-corrected chi connectivity index (χ2v) is 6.02. The molecular weight excluding hydrogens is 325 g/mol. The third-order valence-corrected chi connectivity index (χ3v) is 4.32. The molecule has 94 valence electrons. The fraction of sp³-hybridized carbons (Fsp3) is 0.692. The summed E-state index contributed by atoms with van der Waals surface area (Å²) in [5, 5.41) is 3.36. The van der Waals surface area contributed by atoms with E-state index in [2.05, 4.69) is 48.7 Å². The summed E-state index contributed by atoms with van der Waals surface area (Å²) in [6.45, 7) is 7.42. The first kappa shape index (κ1) is 13.1. The van der Waals surface area contributed by atoms with Gasteiger partial charge in [-0.3, -0.25) is 0 Å². The second-order valence-electron chi connectivity index (χ2n) is 4.94. The maximum absolute atomic E-state index is 4.78. The van der Waals surface area contributed by atoms with Crippen molar-refractivity contribution in [2.75, 3.05) is 11.9 Å². The van der Waals surface area contributed by atoms with Gasteiger partial charge in [-0.2, -0.15) is 0 Å². The first-order chi connectivity index (χ1) is 8.13. The zero-order valence-electron chi connectivity index (χ0n) is 10.8. The molecule has 1 heterocycles. The Labute approximate surface area is 117 Å². The van der Waals surface area contributed by atoms with Gasteiger partial charge in [-0.15, -0.1) is 0 Å². The van der Waals surface area contributed by atoms with Crippen LogP contribution in [0.2, 0.25) is 0 Å². The highest BCUT2D eigenvalue weighted by Crippen LogP contribution is 2.36. The predicted octanol–water partition coefficient (Wildman–Crippen LogP) is 3.90. The highest BCUT2D eigenvalue weighted by atomic mass is 127. The topological polar surface area (TPSA) is 37.8 Å². The molecule has 0 spiro atoms. The lowest BCUT2D eigenvalue weighted by Gasteiger charge is -2.25. The zero-order valence-corrected chi connectivity index (χ0v) is 12.9. The molecule has 1 aliphatic carbocycles.